The molecule has 0 aromatic heterocycles. The lowest BCUT2D eigenvalue weighted by Gasteiger charge is -2.36. The Kier molecular flexibility index (Phi) is 2.32. The molecular weight excluding hydrogens is 138 g/mol. The molecule has 0 radical (unpaired) electrons. The molecule has 0 atom stereocenters. The van der Waals surface area contributed by atoms with Crippen molar-refractivity contribution in [2.24, 2.45) is 5.41 Å². The molecule has 0 aliphatic heterocycles. The van der Waals surface area contributed by atoms with Crippen molar-refractivity contribution in [3.8, 4) is 0 Å². The van der Waals surface area contributed by atoms with Crippen LogP contribution in [0.5, 0.6) is 0 Å². The first kappa shape index (κ1) is 8.31. The third-order valence-electron chi connectivity index (χ3n) is 2.41. The molecule has 1 saturated carbocycles. The number of rotatable bonds is 3. The topological polar surface area (TPSA) is 29.1 Å². The van der Waals surface area contributed by atoms with Gasteiger partial charge in [-0.1, -0.05) is 19.4 Å². The van der Waals surface area contributed by atoms with Crippen LogP contribution in [0.15, 0.2) is 12.7 Å². The van der Waals surface area contributed by atoms with Gasteiger partial charge in [0.05, 0.1) is 0 Å². The largest absolute Gasteiger partial charge is 0.352 e. The second kappa shape index (κ2) is 3.07. The third kappa shape index (κ3) is 1.62. The molecule has 11 heavy (non-hydrogen) atoms. The molecule has 0 bridgehead atoms. The van der Waals surface area contributed by atoms with Crippen molar-refractivity contribution in [2.75, 3.05) is 6.54 Å². The predicted octanol–water partition coefficient (Wildman–Crippen LogP) is 1.48. The minimum absolute atomic E-state index is 0.0665. The van der Waals surface area contributed by atoms with Crippen molar-refractivity contribution in [3.63, 3.8) is 0 Å². The van der Waals surface area contributed by atoms with E-state index in [1.165, 1.54) is 6.42 Å². The molecule has 0 aromatic rings. The summed E-state index contributed by atoms with van der Waals surface area (Å²) in [6, 6.07) is 0. The van der Waals surface area contributed by atoms with Crippen LogP contribution in [0.2, 0.25) is 0 Å². The van der Waals surface area contributed by atoms with Gasteiger partial charge in [-0.2, -0.15) is 0 Å². The van der Waals surface area contributed by atoms with Gasteiger partial charge in [0.15, 0.2) is 0 Å². The van der Waals surface area contributed by atoms with E-state index in [9.17, 15) is 4.79 Å². The second-order valence-electron chi connectivity index (χ2n) is 3.41. The number of nitrogens with one attached hydrogen (secondary N) is 1. The summed E-state index contributed by atoms with van der Waals surface area (Å²) in [7, 11) is 0. The van der Waals surface area contributed by atoms with E-state index >= 15 is 0 Å². The molecule has 1 rings (SSSR count). The van der Waals surface area contributed by atoms with Gasteiger partial charge in [0.25, 0.3) is 0 Å². The van der Waals surface area contributed by atoms with E-state index in [0.29, 0.717) is 6.54 Å². The molecule has 62 valence electrons. The Morgan fingerprint density at radius 2 is 2.36 bits per heavy atom. The van der Waals surface area contributed by atoms with E-state index in [0.717, 1.165) is 12.8 Å². The molecule has 2 nitrogen and oxygen atoms in total. The maximum absolute atomic E-state index is 11.3. The van der Waals surface area contributed by atoms with Crippen LogP contribution in [0, 0.1) is 5.41 Å². The maximum Gasteiger partial charge on any atom is 0.226 e. The molecule has 2 heteroatoms. The molecule has 1 aliphatic rings. The number of amides is 1. The SMILES string of the molecule is C=CCNC(=O)C1(C)CCC1. The molecule has 1 fully saturated rings. The Morgan fingerprint density at radius 1 is 1.73 bits per heavy atom. The lowest BCUT2D eigenvalue weighted by Crippen LogP contribution is -2.43. The van der Waals surface area contributed by atoms with Crippen LogP contribution >= 0.6 is 0 Å². The average Bonchev–Trinajstić information content (AvgIpc) is 1.95. The minimum Gasteiger partial charge on any atom is -0.352 e. The van der Waals surface area contributed by atoms with Gasteiger partial charge in [-0.3, -0.25) is 4.79 Å². The van der Waals surface area contributed by atoms with E-state index < -0.39 is 0 Å². The summed E-state index contributed by atoms with van der Waals surface area (Å²) < 4.78 is 0. The highest BCUT2D eigenvalue weighted by Crippen LogP contribution is 2.40. The lowest BCUT2D eigenvalue weighted by molar-refractivity contribution is -0.134. The van der Waals surface area contributed by atoms with Crippen molar-refractivity contribution < 1.29 is 4.79 Å². The Balaban J connectivity index is 2.34. The van der Waals surface area contributed by atoms with Crippen LogP contribution < -0.4 is 5.32 Å². The van der Waals surface area contributed by atoms with Crippen molar-refractivity contribution in [1.82, 2.24) is 5.32 Å². The van der Waals surface area contributed by atoms with Crippen molar-refractivity contribution in [3.05, 3.63) is 12.7 Å². The molecule has 0 unspecified atom stereocenters. The summed E-state index contributed by atoms with van der Waals surface area (Å²) in [5, 5.41) is 2.82. The van der Waals surface area contributed by atoms with Gasteiger partial charge in [0, 0.05) is 12.0 Å². The Morgan fingerprint density at radius 3 is 2.73 bits per heavy atom. The fourth-order valence-electron chi connectivity index (χ4n) is 1.31. The van der Waals surface area contributed by atoms with Crippen molar-refractivity contribution in [2.45, 2.75) is 26.2 Å². The molecule has 1 amide bonds. The quantitative estimate of drug-likeness (QED) is 0.611. The summed E-state index contributed by atoms with van der Waals surface area (Å²) in [6.45, 7) is 6.16. The average molecular weight is 153 g/mol. The summed E-state index contributed by atoms with van der Waals surface area (Å²) >= 11 is 0. The molecule has 0 aromatic carbocycles. The smallest absolute Gasteiger partial charge is 0.226 e. The third-order valence-corrected chi connectivity index (χ3v) is 2.41. The first-order chi connectivity index (χ1) is 5.19. The van der Waals surface area contributed by atoms with Gasteiger partial charge in [0.2, 0.25) is 5.91 Å². The minimum atomic E-state index is -0.0665. The van der Waals surface area contributed by atoms with Crippen LogP contribution in [-0.4, -0.2) is 12.5 Å². The second-order valence-corrected chi connectivity index (χ2v) is 3.41. The molecular formula is C9H15NO. The fourth-order valence-corrected chi connectivity index (χ4v) is 1.31. The fraction of sp³-hybridized carbons (Fsp3) is 0.667. The highest BCUT2D eigenvalue weighted by Gasteiger charge is 2.38. The number of carbonyl (C=O) groups excluding carboxylic acids is 1. The van der Waals surface area contributed by atoms with Crippen LogP contribution in [0.25, 0.3) is 0 Å². The van der Waals surface area contributed by atoms with Crippen LogP contribution in [0.4, 0.5) is 0 Å². The highest BCUT2D eigenvalue weighted by molar-refractivity contribution is 5.83. The van der Waals surface area contributed by atoms with E-state index in [-0.39, 0.29) is 11.3 Å². The first-order valence-corrected chi connectivity index (χ1v) is 4.08. The molecule has 0 spiro atoms. The van der Waals surface area contributed by atoms with Gasteiger partial charge < -0.3 is 5.32 Å². The van der Waals surface area contributed by atoms with E-state index in [2.05, 4.69) is 11.9 Å². The maximum atomic E-state index is 11.3. The Hall–Kier alpha value is -0.790. The van der Waals surface area contributed by atoms with Gasteiger partial charge in [-0.25, -0.2) is 0 Å². The van der Waals surface area contributed by atoms with Gasteiger partial charge in [-0.05, 0) is 12.8 Å². The van der Waals surface area contributed by atoms with Crippen molar-refractivity contribution in [1.29, 1.82) is 0 Å². The molecule has 1 N–H and O–H groups in total. The summed E-state index contributed by atoms with van der Waals surface area (Å²) in [5.74, 6) is 0.184. The molecule has 0 saturated heterocycles. The van der Waals surface area contributed by atoms with Crippen molar-refractivity contribution >= 4 is 5.91 Å². The Labute approximate surface area is 67.7 Å². The van der Waals surface area contributed by atoms with Gasteiger partial charge in [0.1, 0.15) is 0 Å². The monoisotopic (exact) mass is 153 g/mol. The highest BCUT2D eigenvalue weighted by atomic mass is 16.2. The molecule has 1 aliphatic carbocycles. The van der Waals surface area contributed by atoms with Crippen LogP contribution in [-0.2, 0) is 4.79 Å². The first-order valence-electron chi connectivity index (χ1n) is 4.08. The van der Waals surface area contributed by atoms with E-state index in [1.54, 1.807) is 6.08 Å². The summed E-state index contributed by atoms with van der Waals surface area (Å²) in [4.78, 5) is 11.3. The Bertz CT molecular complexity index is 170. The standard InChI is InChI=1S/C9H15NO/c1-3-7-10-8(11)9(2)5-4-6-9/h3H,1,4-7H2,2H3,(H,10,11). The van der Waals surface area contributed by atoms with Gasteiger partial charge >= 0.3 is 0 Å². The van der Waals surface area contributed by atoms with Crippen LogP contribution in [0.1, 0.15) is 26.2 Å². The summed E-state index contributed by atoms with van der Waals surface area (Å²) in [6.07, 6.45) is 4.98. The van der Waals surface area contributed by atoms with Crippen LogP contribution in [0.3, 0.4) is 0 Å². The predicted molar refractivity (Wildman–Crippen MR) is 45.2 cm³/mol. The number of carbonyl (C=O) groups is 1. The van der Waals surface area contributed by atoms with E-state index in [4.69, 9.17) is 0 Å². The number of hydrogen-bond acceptors (Lipinski definition) is 1. The van der Waals surface area contributed by atoms with E-state index in [1.807, 2.05) is 6.92 Å². The zero-order valence-corrected chi connectivity index (χ0v) is 7.02. The zero-order chi connectivity index (χ0) is 8.32. The lowest BCUT2D eigenvalue weighted by atomic mass is 9.70. The number of hydrogen-bond donors (Lipinski definition) is 1. The summed E-state index contributed by atoms with van der Waals surface area (Å²) in [5.41, 5.74) is -0.0665. The normalized spacial score (nSPS) is 20.1. The zero-order valence-electron chi connectivity index (χ0n) is 7.02. The van der Waals surface area contributed by atoms with Gasteiger partial charge in [-0.15, -0.1) is 6.58 Å². The molecule has 0 heterocycles.